The molecule has 0 bridgehead atoms. The number of nitrogens with zero attached hydrogens (tertiary/aromatic N) is 3. The molecule has 0 atom stereocenters. The van der Waals surface area contributed by atoms with Crippen molar-refractivity contribution in [1.82, 2.24) is 15.3 Å². The first-order chi connectivity index (χ1) is 10.1. The Morgan fingerprint density at radius 2 is 2.19 bits per heavy atom. The normalized spacial score (nSPS) is 21.3. The third-order valence-electron chi connectivity index (χ3n) is 3.95. The number of aromatic nitrogens is 2. The molecule has 1 aromatic rings. The van der Waals surface area contributed by atoms with Crippen LogP contribution < -0.4 is 16.4 Å². The lowest BCUT2D eigenvalue weighted by molar-refractivity contribution is -0.125. The topological polar surface area (TPSA) is 117 Å². The first-order valence-corrected chi connectivity index (χ1v) is 7.12. The molecular weight excluding hydrogens is 268 g/mol. The van der Waals surface area contributed by atoms with Gasteiger partial charge in [-0.25, -0.2) is 4.98 Å². The molecule has 1 amide bonds. The molecule has 1 aromatic heterocycles. The van der Waals surface area contributed by atoms with E-state index < -0.39 is 0 Å². The van der Waals surface area contributed by atoms with Gasteiger partial charge in [-0.3, -0.25) is 4.79 Å². The number of nitrogens with one attached hydrogen (secondary N) is 2. The average Bonchev–Trinajstić information content (AvgIpc) is 2.52. The highest BCUT2D eigenvalue weighted by atomic mass is 16.1. The maximum atomic E-state index is 11.6. The number of anilines is 2. The highest BCUT2D eigenvalue weighted by molar-refractivity contribution is 5.78. The highest BCUT2D eigenvalue weighted by Gasteiger charge is 2.25. The number of hydrogen-bond acceptors (Lipinski definition) is 6. The molecule has 1 aliphatic rings. The predicted octanol–water partition coefficient (Wildman–Crippen LogP) is 0.895. The first kappa shape index (κ1) is 15.0. The van der Waals surface area contributed by atoms with Gasteiger partial charge in [-0.05, 0) is 31.6 Å². The van der Waals surface area contributed by atoms with Crippen molar-refractivity contribution in [2.75, 3.05) is 24.6 Å². The first-order valence-electron chi connectivity index (χ1n) is 7.12. The molecule has 7 nitrogen and oxygen atoms in total. The lowest BCUT2D eigenvalue weighted by Gasteiger charge is -2.27. The van der Waals surface area contributed by atoms with Crippen molar-refractivity contribution in [3.05, 3.63) is 11.8 Å². The summed E-state index contributed by atoms with van der Waals surface area (Å²) < 4.78 is 0. The third kappa shape index (κ3) is 3.81. The molecule has 112 valence electrons. The van der Waals surface area contributed by atoms with Crippen LogP contribution >= 0.6 is 0 Å². The number of hydrogen-bond donors (Lipinski definition) is 3. The number of nitrogen functional groups attached to an aromatic ring is 1. The number of nitriles is 1. The summed E-state index contributed by atoms with van der Waals surface area (Å²) in [6.07, 6.45) is 5.28. The van der Waals surface area contributed by atoms with Crippen LogP contribution in [0.1, 0.15) is 31.2 Å². The number of nitrogens with two attached hydrogens (primary N) is 1. The maximum Gasteiger partial charge on any atom is 0.224 e. The second kappa shape index (κ2) is 6.88. The van der Waals surface area contributed by atoms with E-state index in [2.05, 4.69) is 20.6 Å². The highest BCUT2D eigenvalue weighted by Crippen LogP contribution is 2.28. The second-order valence-electron chi connectivity index (χ2n) is 5.32. The van der Waals surface area contributed by atoms with E-state index in [-0.39, 0.29) is 23.2 Å². The largest absolute Gasteiger partial charge is 0.382 e. The molecule has 21 heavy (non-hydrogen) atoms. The molecule has 1 fully saturated rings. The van der Waals surface area contributed by atoms with E-state index in [4.69, 9.17) is 11.0 Å². The van der Waals surface area contributed by atoms with Crippen molar-refractivity contribution in [3.8, 4) is 6.07 Å². The van der Waals surface area contributed by atoms with Crippen molar-refractivity contribution in [2.24, 2.45) is 11.8 Å². The summed E-state index contributed by atoms with van der Waals surface area (Å²) in [7, 11) is 1.68. The molecule has 7 heteroatoms. The Hall–Kier alpha value is -2.36. The lowest BCUT2D eigenvalue weighted by Crippen LogP contribution is -2.32. The summed E-state index contributed by atoms with van der Waals surface area (Å²) in [4.78, 5) is 19.7. The minimum atomic E-state index is 0.143. The van der Waals surface area contributed by atoms with Gasteiger partial charge in [0, 0.05) is 19.5 Å². The molecule has 2 rings (SSSR count). The van der Waals surface area contributed by atoms with Crippen LogP contribution in [0.15, 0.2) is 6.20 Å². The van der Waals surface area contributed by atoms with Crippen LogP contribution in [-0.2, 0) is 4.79 Å². The summed E-state index contributed by atoms with van der Waals surface area (Å²) in [5.41, 5.74) is 5.93. The fourth-order valence-corrected chi connectivity index (χ4v) is 2.63. The molecule has 1 heterocycles. The van der Waals surface area contributed by atoms with Gasteiger partial charge in [-0.15, -0.1) is 0 Å². The van der Waals surface area contributed by atoms with E-state index in [0.717, 1.165) is 32.2 Å². The average molecular weight is 288 g/mol. The van der Waals surface area contributed by atoms with Gasteiger partial charge in [0.25, 0.3) is 0 Å². The van der Waals surface area contributed by atoms with Crippen LogP contribution in [0.2, 0.25) is 0 Å². The summed E-state index contributed by atoms with van der Waals surface area (Å²) in [5, 5.41) is 14.6. The summed E-state index contributed by atoms with van der Waals surface area (Å²) in [6.45, 7) is 0.756. The van der Waals surface area contributed by atoms with E-state index in [1.165, 1.54) is 6.20 Å². The number of amides is 1. The Bertz CT molecular complexity index is 545. The second-order valence-corrected chi connectivity index (χ2v) is 5.32. The van der Waals surface area contributed by atoms with Crippen LogP contribution in [0.25, 0.3) is 0 Å². The molecule has 4 N–H and O–H groups in total. The molecule has 0 radical (unpaired) electrons. The van der Waals surface area contributed by atoms with Gasteiger partial charge in [0.05, 0.1) is 6.20 Å². The smallest absolute Gasteiger partial charge is 0.224 e. The fourth-order valence-electron chi connectivity index (χ4n) is 2.63. The van der Waals surface area contributed by atoms with Gasteiger partial charge in [0.15, 0.2) is 0 Å². The van der Waals surface area contributed by atoms with Crippen molar-refractivity contribution < 1.29 is 4.79 Å². The van der Waals surface area contributed by atoms with Gasteiger partial charge in [-0.2, -0.15) is 10.2 Å². The Balaban J connectivity index is 1.81. The molecule has 0 aliphatic heterocycles. The van der Waals surface area contributed by atoms with Gasteiger partial charge in [-0.1, -0.05) is 0 Å². The van der Waals surface area contributed by atoms with Crippen LogP contribution in [0, 0.1) is 23.2 Å². The van der Waals surface area contributed by atoms with Crippen molar-refractivity contribution >= 4 is 17.7 Å². The zero-order valence-electron chi connectivity index (χ0n) is 12.1. The van der Waals surface area contributed by atoms with Gasteiger partial charge >= 0.3 is 0 Å². The van der Waals surface area contributed by atoms with Gasteiger partial charge in [0.1, 0.15) is 17.5 Å². The van der Waals surface area contributed by atoms with E-state index in [1.54, 1.807) is 7.05 Å². The SMILES string of the molecule is CNC(=O)C1CCC(CNc2ncc(C#N)c(N)n2)CC1. The quantitative estimate of drug-likeness (QED) is 0.757. The molecule has 1 saturated carbocycles. The standard InChI is InChI=1S/C14H20N6O/c1-17-13(21)10-4-2-9(3-5-10)7-18-14-19-8-11(6-15)12(16)20-14/h8-10H,2-5,7H2,1H3,(H,17,21)(H3,16,18,19,20). The fraction of sp³-hybridized carbons (Fsp3) is 0.571. The zero-order chi connectivity index (χ0) is 15.2. The van der Waals surface area contributed by atoms with Crippen LogP contribution in [0.3, 0.4) is 0 Å². The van der Waals surface area contributed by atoms with Crippen LogP contribution in [-0.4, -0.2) is 29.5 Å². The van der Waals surface area contributed by atoms with Crippen molar-refractivity contribution in [3.63, 3.8) is 0 Å². The molecule has 0 saturated heterocycles. The minimum absolute atomic E-state index is 0.143. The van der Waals surface area contributed by atoms with E-state index in [9.17, 15) is 4.79 Å². The molecule has 0 aromatic carbocycles. The number of carbonyl (C=O) groups is 1. The summed E-state index contributed by atoms with van der Waals surface area (Å²) >= 11 is 0. The van der Waals surface area contributed by atoms with Gasteiger partial charge in [0.2, 0.25) is 11.9 Å². The van der Waals surface area contributed by atoms with Crippen molar-refractivity contribution in [2.45, 2.75) is 25.7 Å². The van der Waals surface area contributed by atoms with Crippen LogP contribution in [0.5, 0.6) is 0 Å². The van der Waals surface area contributed by atoms with E-state index >= 15 is 0 Å². The molecule has 0 spiro atoms. The Labute approximate surface area is 124 Å². The molecule has 1 aliphatic carbocycles. The van der Waals surface area contributed by atoms with Crippen molar-refractivity contribution in [1.29, 1.82) is 5.26 Å². The Morgan fingerprint density at radius 3 is 2.76 bits per heavy atom. The molecular formula is C14H20N6O. The van der Waals surface area contributed by atoms with E-state index in [0.29, 0.717) is 11.9 Å². The minimum Gasteiger partial charge on any atom is -0.382 e. The monoisotopic (exact) mass is 288 g/mol. The Morgan fingerprint density at radius 1 is 1.48 bits per heavy atom. The van der Waals surface area contributed by atoms with Gasteiger partial charge < -0.3 is 16.4 Å². The Kier molecular flexibility index (Phi) is 4.93. The third-order valence-corrected chi connectivity index (χ3v) is 3.95. The number of rotatable bonds is 4. The maximum absolute atomic E-state index is 11.6. The predicted molar refractivity (Wildman–Crippen MR) is 79.2 cm³/mol. The zero-order valence-corrected chi connectivity index (χ0v) is 12.1. The molecule has 0 unspecified atom stereocenters. The lowest BCUT2D eigenvalue weighted by atomic mass is 9.81. The van der Waals surface area contributed by atoms with Crippen LogP contribution in [0.4, 0.5) is 11.8 Å². The summed E-state index contributed by atoms with van der Waals surface area (Å²) in [6, 6.07) is 1.93. The van der Waals surface area contributed by atoms with E-state index in [1.807, 2.05) is 6.07 Å². The number of carbonyl (C=O) groups excluding carboxylic acids is 1. The summed E-state index contributed by atoms with van der Waals surface area (Å²) in [5.74, 6) is 1.43.